The summed E-state index contributed by atoms with van der Waals surface area (Å²) in [5.74, 6) is -0.698. The molecule has 116 valence electrons. The lowest BCUT2D eigenvalue weighted by atomic mass is 10.1. The van der Waals surface area contributed by atoms with Gasteiger partial charge in [0.1, 0.15) is 5.82 Å². The third-order valence-corrected chi connectivity index (χ3v) is 3.11. The third kappa shape index (κ3) is 4.44. The van der Waals surface area contributed by atoms with E-state index in [1.165, 1.54) is 30.3 Å². The molecular formula is C16H17FN2O3. The summed E-state index contributed by atoms with van der Waals surface area (Å²) in [6.45, 7) is 0.371. The molecule has 0 radical (unpaired) electrons. The molecule has 2 aromatic rings. The normalized spacial score (nSPS) is 10.3. The van der Waals surface area contributed by atoms with Gasteiger partial charge in [-0.05, 0) is 36.2 Å². The van der Waals surface area contributed by atoms with Crippen molar-refractivity contribution in [3.8, 4) is 0 Å². The van der Waals surface area contributed by atoms with Crippen molar-refractivity contribution in [2.75, 3.05) is 20.1 Å². The third-order valence-electron chi connectivity index (χ3n) is 3.11. The standard InChI is InChI=1S/C16H17FN2O3/c1-19(16(21)14-3-2-10-22-14)11-15(20)18-9-8-12-4-6-13(17)7-5-12/h2-7,10H,8-9,11H2,1H3,(H,18,20). The van der Waals surface area contributed by atoms with Gasteiger partial charge in [0.25, 0.3) is 5.91 Å². The number of carbonyl (C=O) groups excluding carboxylic acids is 2. The molecule has 6 heteroatoms. The van der Waals surface area contributed by atoms with E-state index >= 15 is 0 Å². The number of benzene rings is 1. The first kappa shape index (κ1) is 15.8. The Bertz CT molecular complexity index is 623. The maximum Gasteiger partial charge on any atom is 0.289 e. The fourth-order valence-corrected chi connectivity index (χ4v) is 1.93. The highest BCUT2D eigenvalue weighted by atomic mass is 19.1. The molecule has 0 spiro atoms. The maximum absolute atomic E-state index is 12.8. The summed E-state index contributed by atoms with van der Waals surface area (Å²) < 4.78 is 17.8. The van der Waals surface area contributed by atoms with E-state index in [4.69, 9.17) is 4.42 Å². The van der Waals surface area contributed by atoms with Crippen LogP contribution in [0.15, 0.2) is 47.1 Å². The summed E-state index contributed by atoms with van der Waals surface area (Å²) in [5, 5.41) is 2.72. The molecule has 1 N–H and O–H groups in total. The van der Waals surface area contributed by atoms with Crippen LogP contribution >= 0.6 is 0 Å². The second kappa shape index (κ2) is 7.40. The zero-order valence-corrected chi connectivity index (χ0v) is 12.2. The van der Waals surface area contributed by atoms with Crippen molar-refractivity contribution in [2.45, 2.75) is 6.42 Å². The summed E-state index contributed by atoms with van der Waals surface area (Å²) >= 11 is 0. The van der Waals surface area contributed by atoms with Crippen molar-refractivity contribution in [3.63, 3.8) is 0 Å². The molecule has 0 aliphatic carbocycles. The summed E-state index contributed by atoms with van der Waals surface area (Å²) in [6.07, 6.45) is 2.01. The molecule has 5 nitrogen and oxygen atoms in total. The van der Waals surface area contributed by atoms with Gasteiger partial charge in [-0.1, -0.05) is 12.1 Å². The van der Waals surface area contributed by atoms with E-state index in [1.807, 2.05) is 0 Å². The molecular weight excluding hydrogens is 287 g/mol. The van der Waals surface area contributed by atoms with E-state index < -0.39 is 0 Å². The number of rotatable bonds is 6. The van der Waals surface area contributed by atoms with E-state index in [1.54, 1.807) is 24.3 Å². The molecule has 0 bridgehead atoms. The van der Waals surface area contributed by atoms with Gasteiger partial charge < -0.3 is 14.6 Å². The zero-order chi connectivity index (χ0) is 15.9. The van der Waals surface area contributed by atoms with Gasteiger partial charge in [0, 0.05) is 13.6 Å². The number of carbonyl (C=O) groups is 2. The monoisotopic (exact) mass is 304 g/mol. The molecule has 0 saturated heterocycles. The molecule has 1 aromatic heterocycles. The number of halogens is 1. The van der Waals surface area contributed by atoms with Crippen LogP contribution in [-0.2, 0) is 11.2 Å². The van der Waals surface area contributed by atoms with Gasteiger partial charge in [-0.2, -0.15) is 0 Å². The number of likely N-dealkylation sites (N-methyl/N-ethyl adjacent to an activating group) is 1. The summed E-state index contributed by atoms with van der Waals surface area (Å²) in [7, 11) is 1.53. The van der Waals surface area contributed by atoms with Crippen LogP contribution in [0.1, 0.15) is 16.1 Å². The largest absolute Gasteiger partial charge is 0.459 e. The van der Waals surface area contributed by atoms with E-state index in [0.717, 1.165) is 5.56 Å². The summed E-state index contributed by atoms with van der Waals surface area (Å²) in [4.78, 5) is 24.9. The van der Waals surface area contributed by atoms with Crippen LogP contribution in [0.3, 0.4) is 0 Å². The number of nitrogens with zero attached hydrogens (tertiary/aromatic N) is 1. The average Bonchev–Trinajstić information content (AvgIpc) is 3.02. The lowest BCUT2D eigenvalue weighted by Crippen LogP contribution is -2.38. The average molecular weight is 304 g/mol. The highest BCUT2D eigenvalue weighted by Gasteiger charge is 2.16. The molecule has 2 rings (SSSR count). The Morgan fingerprint density at radius 2 is 1.95 bits per heavy atom. The second-order valence-corrected chi connectivity index (χ2v) is 4.86. The van der Waals surface area contributed by atoms with Crippen LogP contribution in [0.2, 0.25) is 0 Å². The fourth-order valence-electron chi connectivity index (χ4n) is 1.93. The van der Waals surface area contributed by atoms with Gasteiger partial charge in [-0.15, -0.1) is 0 Å². The maximum atomic E-state index is 12.8. The van der Waals surface area contributed by atoms with Gasteiger partial charge in [-0.3, -0.25) is 9.59 Å². The van der Waals surface area contributed by atoms with Crippen LogP contribution in [-0.4, -0.2) is 36.9 Å². The smallest absolute Gasteiger partial charge is 0.289 e. The number of amides is 2. The number of nitrogens with one attached hydrogen (secondary N) is 1. The highest BCUT2D eigenvalue weighted by molar-refractivity contribution is 5.94. The predicted octanol–water partition coefficient (Wildman–Crippen LogP) is 1.85. The first-order valence-electron chi connectivity index (χ1n) is 6.86. The predicted molar refractivity (Wildman–Crippen MR) is 78.8 cm³/mol. The lowest BCUT2D eigenvalue weighted by Gasteiger charge is -2.15. The number of furan rings is 1. The molecule has 1 aromatic carbocycles. The summed E-state index contributed by atoms with van der Waals surface area (Å²) in [6, 6.07) is 9.27. The first-order valence-corrected chi connectivity index (χ1v) is 6.86. The minimum absolute atomic E-state index is 0.0526. The van der Waals surface area contributed by atoms with Crippen LogP contribution in [0.4, 0.5) is 4.39 Å². The molecule has 2 amide bonds. The molecule has 0 aliphatic rings. The Balaban J connectivity index is 1.73. The van der Waals surface area contributed by atoms with Crippen molar-refractivity contribution >= 4 is 11.8 Å². The van der Waals surface area contributed by atoms with Crippen molar-refractivity contribution in [1.82, 2.24) is 10.2 Å². The van der Waals surface area contributed by atoms with Crippen molar-refractivity contribution in [1.29, 1.82) is 0 Å². The lowest BCUT2D eigenvalue weighted by molar-refractivity contribution is -0.121. The highest BCUT2D eigenvalue weighted by Crippen LogP contribution is 2.04. The van der Waals surface area contributed by atoms with Crippen molar-refractivity contribution in [3.05, 3.63) is 59.8 Å². The van der Waals surface area contributed by atoms with E-state index in [-0.39, 0.29) is 29.9 Å². The summed E-state index contributed by atoms with van der Waals surface area (Å²) in [5.41, 5.74) is 0.932. The Labute approximate surface area is 127 Å². The van der Waals surface area contributed by atoms with Gasteiger partial charge in [-0.25, -0.2) is 4.39 Å². The van der Waals surface area contributed by atoms with E-state index in [9.17, 15) is 14.0 Å². The minimum Gasteiger partial charge on any atom is -0.459 e. The minimum atomic E-state index is -0.348. The van der Waals surface area contributed by atoms with Crippen LogP contribution < -0.4 is 5.32 Å². The zero-order valence-electron chi connectivity index (χ0n) is 12.2. The van der Waals surface area contributed by atoms with Crippen LogP contribution in [0.5, 0.6) is 0 Å². The van der Waals surface area contributed by atoms with Gasteiger partial charge >= 0.3 is 0 Å². The van der Waals surface area contributed by atoms with E-state index in [2.05, 4.69) is 5.32 Å². The molecule has 0 aliphatic heterocycles. The van der Waals surface area contributed by atoms with Gasteiger partial charge in [0.2, 0.25) is 5.91 Å². The van der Waals surface area contributed by atoms with Crippen molar-refractivity contribution < 1.29 is 18.4 Å². The Hall–Kier alpha value is -2.63. The Kier molecular flexibility index (Phi) is 5.30. The number of hydrogen-bond donors (Lipinski definition) is 1. The van der Waals surface area contributed by atoms with E-state index in [0.29, 0.717) is 13.0 Å². The van der Waals surface area contributed by atoms with Gasteiger partial charge in [0.05, 0.1) is 12.8 Å². The van der Waals surface area contributed by atoms with Crippen molar-refractivity contribution in [2.24, 2.45) is 0 Å². The molecule has 1 heterocycles. The van der Waals surface area contributed by atoms with Crippen LogP contribution in [0.25, 0.3) is 0 Å². The molecule has 0 atom stereocenters. The SMILES string of the molecule is CN(CC(=O)NCCc1ccc(F)cc1)C(=O)c1ccco1. The topological polar surface area (TPSA) is 62.6 Å². The molecule has 22 heavy (non-hydrogen) atoms. The first-order chi connectivity index (χ1) is 10.6. The molecule has 0 unspecified atom stereocenters. The van der Waals surface area contributed by atoms with Gasteiger partial charge in [0.15, 0.2) is 5.76 Å². The second-order valence-electron chi connectivity index (χ2n) is 4.86. The Morgan fingerprint density at radius 1 is 1.23 bits per heavy atom. The molecule has 0 saturated carbocycles. The fraction of sp³-hybridized carbons (Fsp3) is 0.250. The molecule has 0 fully saturated rings. The van der Waals surface area contributed by atoms with Crippen LogP contribution in [0, 0.1) is 5.82 Å². The quantitative estimate of drug-likeness (QED) is 0.886. The number of hydrogen-bond acceptors (Lipinski definition) is 3. The Morgan fingerprint density at radius 3 is 2.59 bits per heavy atom.